The van der Waals surface area contributed by atoms with Gasteiger partial charge in [-0.3, -0.25) is 0 Å². The van der Waals surface area contributed by atoms with Crippen LogP contribution in [0.4, 0.5) is 30.6 Å². The number of rotatable bonds is 5. The molecule has 1 saturated carbocycles. The summed E-state index contributed by atoms with van der Waals surface area (Å²) < 4.78 is 41.2. The SMILES string of the molecule is Cc1cc(SC2CC3(CCN(C)CC3)C2)ccc1Nc1ncc(C(F)(F)F)c(N2CCCC(C)(O)C2)n1. The number of aryl methyl sites for hydroxylation is 1. The first-order valence-corrected chi connectivity index (χ1v) is 13.9. The minimum absolute atomic E-state index is 0.0939. The molecule has 1 aromatic carbocycles. The number of nitrogens with zero attached hydrogens (tertiary/aromatic N) is 4. The van der Waals surface area contributed by atoms with Gasteiger partial charge in [-0.25, -0.2) is 4.98 Å². The van der Waals surface area contributed by atoms with Gasteiger partial charge in [0.1, 0.15) is 11.4 Å². The molecule has 3 aliphatic rings. The summed E-state index contributed by atoms with van der Waals surface area (Å²) in [6.07, 6.45) is 2.53. The highest BCUT2D eigenvalue weighted by Gasteiger charge is 2.45. The summed E-state index contributed by atoms with van der Waals surface area (Å²) in [5, 5.41) is 14.2. The van der Waals surface area contributed by atoms with Crippen LogP contribution in [0.2, 0.25) is 0 Å². The molecule has 6 nitrogen and oxygen atoms in total. The molecule has 2 N–H and O–H groups in total. The molecule has 37 heavy (non-hydrogen) atoms. The van der Waals surface area contributed by atoms with E-state index in [1.807, 2.05) is 24.8 Å². The molecule has 1 spiro atoms. The summed E-state index contributed by atoms with van der Waals surface area (Å²) in [4.78, 5) is 13.4. The van der Waals surface area contributed by atoms with Crippen LogP contribution in [0.1, 0.15) is 56.6 Å². The molecule has 1 atom stereocenters. The summed E-state index contributed by atoms with van der Waals surface area (Å²) in [5.74, 6) is -0.0810. The smallest absolute Gasteiger partial charge is 0.388 e. The monoisotopic (exact) mass is 535 g/mol. The van der Waals surface area contributed by atoms with E-state index in [1.54, 1.807) is 6.92 Å². The van der Waals surface area contributed by atoms with Crippen molar-refractivity contribution in [1.29, 1.82) is 0 Å². The fourth-order valence-electron chi connectivity index (χ4n) is 5.93. The van der Waals surface area contributed by atoms with Crippen LogP contribution < -0.4 is 10.2 Å². The summed E-state index contributed by atoms with van der Waals surface area (Å²) >= 11 is 1.93. The van der Waals surface area contributed by atoms with Crippen LogP contribution in [0.15, 0.2) is 29.3 Å². The fraction of sp³-hybridized carbons (Fsp3) is 0.630. The molecular weight excluding hydrogens is 499 g/mol. The molecule has 202 valence electrons. The molecule has 0 radical (unpaired) electrons. The molecule has 3 heterocycles. The highest BCUT2D eigenvalue weighted by molar-refractivity contribution is 8.00. The number of alkyl halides is 3. The van der Waals surface area contributed by atoms with Crippen LogP contribution in [0.25, 0.3) is 0 Å². The lowest BCUT2D eigenvalue weighted by Crippen LogP contribution is -2.47. The normalized spacial score (nSPS) is 24.8. The minimum Gasteiger partial charge on any atom is -0.388 e. The molecule has 3 fully saturated rings. The number of aliphatic hydroxyl groups is 1. The molecule has 1 aliphatic carbocycles. The number of anilines is 3. The van der Waals surface area contributed by atoms with Gasteiger partial charge in [-0.05, 0) is 102 Å². The van der Waals surface area contributed by atoms with Crippen molar-refractivity contribution in [2.24, 2.45) is 5.41 Å². The maximum Gasteiger partial charge on any atom is 0.421 e. The van der Waals surface area contributed by atoms with Gasteiger partial charge in [0.05, 0.1) is 5.60 Å². The summed E-state index contributed by atoms with van der Waals surface area (Å²) in [6, 6.07) is 6.14. The first-order valence-electron chi connectivity index (χ1n) is 13.1. The number of piperidine rings is 2. The van der Waals surface area contributed by atoms with Crippen LogP contribution in [-0.4, -0.2) is 64.1 Å². The number of likely N-dealkylation sites (tertiary alicyclic amines) is 1. The predicted molar refractivity (Wildman–Crippen MR) is 142 cm³/mol. The van der Waals surface area contributed by atoms with E-state index in [1.165, 1.54) is 48.6 Å². The van der Waals surface area contributed by atoms with E-state index in [2.05, 4.69) is 39.4 Å². The van der Waals surface area contributed by atoms with E-state index in [4.69, 9.17) is 0 Å². The van der Waals surface area contributed by atoms with Crippen molar-refractivity contribution in [3.05, 3.63) is 35.5 Å². The maximum atomic E-state index is 13.7. The lowest BCUT2D eigenvalue weighted by Gasteiger charge is -2.51. The Morgan fingerprint density at radius 1 is 1.14 bits per heavy atom. The predicted octanol–water partition coefficient (Wildman–Crippen LogP) is 5.87. The van der Waals surface area contributed by atoms with Gasteiger partial charge >= 0.3 is 6.18 Å². The van der Waals surface area contributed by atoms with Gasteiger partial charge in [0.25, 0.3) is 0 Å². The van der Waals surface area contributed by atoms with Crippen molar-refractivity contribution >= 4 is 29.2 Å². The van der Waals surface area contributed by atoms with E-state index < -0.39 is 17.3 Å². The topological polar surface area (TPSA) is 64.5 Å². The zero-order valence-electron chi connectivity index (χ0n) is 21.7. The van der Waals surface area contributed by atoms with Crippen LogP contribution in [-0.2, 0) is 6.18 Å². The molecule has 0 amide bonds. The zero-order chi connectivity index (χ0) is 26.4. The minimum atomic E-state index is -4.58. The number of hydrogen-bond donors (Lipinski definition) is 2. The largest absolute Gasteiger partial charge is 0.421 e. The maximum absolute atomic E-state index is 13.7. The zero-order valence-corrected chi connectivity index (χ0v) is 22.6. The lowest BCUT2D eigenvalue weighted by atomic mass is 9.63. The number of halogens is 3. The van der Waals surface area contributed by atoms with Gasteiger partial charge in [0, 0.05) is 35.1 Å². The van der Waals surface area contributed by atoms with Gasteiger partial charge in [-0.15, -0.1) is 11.8 Å². The second-order valence-corrected chi connectivity index (χ2v) is 12.9. The standard InChI is InChI=1S/C27H36F3N5OS/c1-18-13-19(37-20-14-26(15-20)8-11-34(3)12-9-26)5-6-22(18)32-24-31-16-21(27(28,29)30)23(33-24)35-10-4-7-25(2,36)17-35/h5-6,13,16,20,36H,4,7-12,14-15,17H2,1-3H3,(H,31,32,33). The molecule has 0 bridgehead atoms. The van der Waals surface area contributed by atoms with Crippen molar-refractivity contribution in [2.75, 3.05) is 43.4 Å². The third kappa shape index (κ3) is 6.01. The van der Waals surface area contributed by atoms with Gasteiger partial charge in [0.15, 0.2) is 0 Å². The first-order chi connectivity index (χ1) is 17.4. The average molecular weight is 536 g/mol. The van der Waals surface area contributed by atoms with Crippen molar-refractivity contribution in [2.45, 2.75) is 74.3 Å². The Balaban J connectivity index is 1.28. The molecule has 10 heteroatoms. The highest BCUT2D eigenvalue weighted by atomic mass is 32.2. The Hall–Kier alpha value is -2.04. The second kappa shape index (κ2) is 9.93. The highest BCUT2D eigenvalue weighted by Crippen LogP contribution is 2.54. The number of hydrogen-bond acceptors (Lipinski definition) is 7. The van der Waals surface area contributed by atoms with E-state index in [9.17, 15) is 18.3 Å². The Morgan fingerprint density at radius 2 is 1.86 bits per heavy atom. The van der Waals surface area contributed by atoms with E-state index in [0.717, 1.165) is 17.4 Å². The molecule has 2 aliphatic heterocycles. The molecule has 2 aromatic rings. The van der Waals surface area contributed by atoms with Crippen molar-refractivity contribution < 1.29 is 18.3 Å². The third-order valence-electron chi connectivity index (χ3n) is 8.16. The summed E-state index contributed by atoms with van der Waals surface area (Å²) in [6.45, 7) is 6.52. The van der Waals surface area contributed by atoms with Gasteiger partial charge in [-0.1, -0.05) is 0 Å². The van der Waals surface area contributed by atoms with Crippen molar-refractivity contribution in [1.82, 2.24) is 14.9 Å². The Labute approximate surface area is 221 Å². The molecule has 2 saturated heterocycles. The molecule has 5 rings (SSSR count). The van der Waals surface area contributed by atoms with E-state index in [-0.39, 0.29) is 18.3 Å². The van der Waals surface area contributed by atoms with Crippen LogP contribution in [0.3, 0.4) is 0 Å². The van der Waals surface area contributed by atoms with Gasteiger partial charge in [-0.2, -0.15) is 18.2 Å². The first kappa shape index (κ1) is 26.6. The Morgan fingerprint density at radius 3 is 2.51 bits per heavy atom. The number of thioether (sulfide) groups is 1. The number of benzene rings is 1. The van der Waals surface area contributed by atoms with Crippen LogP contribution >= 0.6 is 11.8 Å². The number of β-amino-alcohol motifs (C(OH)–C–C–N with tert-alkyl or cyclic N) is 1. The third-order valence-corrected chi connectivity index (χ3v) is 9.36. The van der Waals surface area contributed by atoms with Crippen LogP contribution in [0, 0.1) is 12.3 Å². The Kier molecular flexibility index (Phi) is 7.13. The second-order valence-electron chi connectivity index (χ2n) is 11.5. The number of nitrogens with one attached hydrogen (secondary N) is 1. The quantitative estimate of drug-likeness (QED) is 0.497. The average Bonchev–Trinajstić information content (AvgIpc) is 2.80. The molecular formula is C27H36F3N5OS. The lowest BCUT2D eigenvalue weighted by molar-refractivity contribution is -0.137. The summed E-state index contributed by atoms with van der Waals surface area (Å²) in [5.41, 5.74) is 0.351. The fourth-order valence-corrected chi connectivity index (χ4v) is 7.58. The Bertz CT molecular complexity index is 1130. The molecule has 1 unspecified atom stereocenters. The van der Waals surface area contributed by atoms with Gasteiger partial charge in [0.2, 0.25) is 5.95 Å². The molecule has 1 aromatic heterocycles. The summed E-state index contributed by atoms with van der Waals surface area (Å²) in [7, 11) is 2.20. The van der Waals surface area contributed by atoms with Gasteiger partial charge < -0.3 is 20.2 Å². The van der Waals surface area contributed by atoms with E-state index >= 15 is 0 Å². The van der Waals surface area contributed by atoms with E-state index in [0.29, 0.717) is 30.1 Å². The van der Waals surface area contributed by atoms with Crippen LogP contribution in [0.5, 0.6) is 0 Å². The van der Waals surface area contributed by atoms with Crippen molar-refractivity contribution in [3.63, 3.8) is 0 Å². The van der Waals surface area contributed by atoms with Crippen molar-refractivity contribution in [3.8, 4) is 0 Å². The number of aromatic nitrogens is 2.